The summed E-state index contributed by atoms with van der Waals surface area (Å²) in [6.07, 6.45) is 0. The van der Waals surface area contributed by atoms with Crippen LogP contribution in [0.5, 0.6) is 0 Å². The number of carbonyl (C=O) groups is 1. The van der Waals surface area contributed by atoms with Crippen molar-refractivity contribution in [2.75, 3.05) is 0 Å². The first-order valence-corrected chi connectivity index (χ1v) is 5.89. The SMILES string of the molecule is CC(=O)c1cccc(C(C)C)c1C(C)(C)C. The zero-order valence-electron chi connectivity index (χ0n) is 11.2. The van der Waals surface area contributed by atoms with Crippen LogP contribution in [0.2, 0.25) is 0 Å². The maximum absolute atomic E-state index is 11.7. The Morgan fingerprint density at radius 1 is 1.19 bits per heavy atom. The first-order chi connectivity index (χ1) is 7.25. The summed E-state index contributed by atoms with van der Waals surface area (Å²) >= 11 is 0. The minimum Gasteiger partial charge on any atom is -0.295 e. The van der Waals surface area contributed by atoms with Gasteiger partial charge in [0.15, 0.2) is 5.78 Å². The molecule has 1 rings (SSSR count). The van der Waals surface area contributed by atoms with E-state index in [1.54, 1.807) is 6.92 Å². The Morgan fingerprint density at radius 2 is 1.75 bits per heavy atom. The summed E-state index contributed by atoms with van der Waals surface area (Å²) in [7, 11) is 0. The Kier molecular flexibility index (Phi) is 3.57. The monoisotopic (exact) mass is 218 g/mol. The summed E-state index contributed by atoms with van der Waals surface area (Å²) in [4.78, 5) is 11.7. The highest BCUT2D eigenvalue weighted by Crippen LogP contribution is 2.33. The number of carbonyl (C=O) groups excluding carboxylic acids is 1. The molecule has 0 saturated heterocycles. The third-order valence-electron chi connectivity index (χ3n) is 2.85. The standard InChI is InChI=1S/C15H22O/c1-10(2)12-8-7-9-13(11(3)16)14(12)15(4,5)6/h7-10H,1-6H3. The molecule has 0 aliphatic carbocycles. The highest BCUT2D eigenvalue weighted by Gasteiger charge is 2.24. The van der Waals surface area contributed by atoms with Gasteiger partial charge in [-0.05, 0) is 29.4 Å². The lowest BCUT2D eigenvalue weighted by Crippen LogP contribution is -2.19. The number of rotatable bonds is 2. The summed E-state index contributed by atoms with van der Waals surface area (Å²) in [5.74, 6) is 0.612. The van der Waals surface area contributed by atoms with Crippen LogP contribution in [-0.4, -0.2) is 5.78 Å². The van der Waals surface area contributed by atoms with Crippen LogP contribution in [0.25, 0.3) is 0 Å². The quantitative estimate of drug-likeness (QED) is 0.676. The minimum atomic E-state index is 0.0157. The van der Waals surface area contributed by atoms with Crippen molar-refractivity contribution in [3.8, 4) is 0 Å². The predicted molar refractivity (Wildman–Crippen MR) is 69.2 cm³/mol. The lowest BCUT2D eigenvalue weighted by atomic mass is 9.77. The molecule has 0 unspecified atom stereocenters. The summed E-state index contributed by atoms with van der Waals surface area (Å²) in [6.45, 7) is 12.5. The second-order valence-corrected chi connectivity index (χ2v) is 5.73. The molecule has 0 atom stereocenters. The molecule has 0 spiro atoms. The molecular weight excluding hydrogens is 196 g/mol. The normalized spacial score (nSPS) is 11.9. The van der Waals surface area contributed by atoms with Crippen molar-refractivity contribution in [2.24, 2.45) is 0 Å². The van der Waals surface area contributed by atoms with Crippen LogP contribution in [0.4, 0.5) is 0 Å². The van der Waals surface area contributed by atoms with Gasteiger partial charge in [0, 0.05) is 5.56 Å². The zero-order chi connectivity index (χ0) is 12.5. The third-order valence-corrected chi connectivity index (χ3v) is 2.85. The van der Waals surface area contributed by atoms with Crippen LogP contribution in [-0.2, 0) is 5.41 Å². The molecule has 0 fully saturated rings. The van der Waals surface area contributed by atoms with Gasteiger partial charge in [0.2, 0.25) is 0 Å². The molecule has 0 saturated carbocycles. The molecule has 88 valence electrons. The molecule has 0 aromatic heterocycles. The molecule has 0 aliphatic rings. The molecule has 1 nitrogen and oxygen atoms in total. The van der Waals surface area contributed by atoms with Crippen LogP contribution in [0, 0.1) is 0 Å². The van der Waals surface area contributed by atoms with Crippen molar-refractivity contribution in [1.29, 1.82) is 0 Å². The van der Waals surface area contributed by atoms with Gasteiger partial charge in [-0.25, -0.2) is 0 Å². The van der Waals surface area contributed by atoms with E-state index in [4.69, 9.17) is 0 Å². The fourth-order valence-corrected chi connectivity index (χ4v) is 2.18. The Balaban J connectivity index is 3.54. The van der Waals surface area contributed by atoms with Crippen LogP contribution in [0.15, 0.2) is 18.2 Å². The predicted octanol–water partition coefficient (Wildman–Crippen LogP) is 4.31. The van der Waals surface area contributed by atoms with Crippen molar-refractivity contribution in [2.45, 2.75) is 52.9 Å². The first kappa shape index (κ1) is 13.0. The van der Waals surface area contributed by atoms with Crippen molar-refractivity contribution in [1.82, 2.24) is 0 Å². The highest BCUT2D eigenvalue weighted by molar-refractivity contribution is 5.96. The number of hydrogen-bond acceptors (Lipinski definition) is 1. The molecule has 0 radical (unpaired) electrons. The largest absolute Gasteiger partial charge is 0.295 e. The van der Waals surface area contributed by atoms with Crippen LogP contribution >= 0.6 is 0 Å². The van der Waals surface area contributed by atoms with E-state index in [-0.39, 0.29) is 11.2 Å². The zero-order valence-corrected chi connectivity index (χ0v) is 11.2. The molecule has 1 heteroatoms. The molecule has 0 bridgehead atoms. The van der Waals surface area contributed by atoms with E-state index in [0.29, 0.717) is 5.92 Å². The number of hydrogen-bond donors (Lipinski definition) is 0. The molecule has 0 amide bonds. The smallest absolute Gasteiger partial charge is 0.160 e. The maximum Gasteiger partial charge on any atom is 0.160 e. The van der Waals surface area contributed by atoms with Gasteiger partial charge in [0.25, 0.3) is 0 Å². The lowest BCUT2D eigenvalue weighted by Gasteiger charge is -2.27. The average Bonchev–Trinajstić information content (AvgIpc) is 2.15. The highest BCUT2D eigenvalue weighted by atomic mass is 16.1. The average molecular weight is 218 g/mol. The van der Waals surface area contributed by atoms with Crippen molar-refractivity contribution < 1.29 is 4.79 Å². The molecule has 16 heavy (non-hydrogen) atoms. The number of Topliss-reactive ketones (excluding diaryl/α,β-unsaturated/α-hetero) is 1. The topological polar surface area (TPSA) is 17.1 Å². The third kappa shape index (κ3) is 2.52. The van der Waals surface area contributed by atoms with Gasteiger partial charge in [-0.15, -0.1) is 0 Å². The molecule has 1 aromatic rings. The Labute approximate surface area is 98.9 Å². The minimum absolute atomic E-state index is 0.0157. The summed E-state index contributed by atoms with van der Waals surface area (Å²) in [5, 5.41) is 0. The summed E-state index contributed by atoms with van der Waals surface area (Å²) < 4.78 is 0. The fraction of sp³-hybridized carbons (Fsp3) is 0.533. The van der Waals surface area contributed by atoms with E-state index in [0.717, 1.165) is 5.56 Å². The van der Waals surface area contributed by atoms with Crippen molar-refractivity contribution in [3.63, 3.8) is 0 Å². The molecular formula is C15H22O. The second kappa shape index (κ2) is 4.40. The Hall–Kier alpha value is -1.11. The van der Waals surface area contributed by atoms with Gasteiger partial charge in [-0.2, -0.15) is 0 Å². The molecule has 0 aliphatic heterocycles. The van der Waals surface area contributed by atoms with Gasteiger partial charge >= 0.3 is 0 Å². The molecule has 1 aromatic carbocycles. The van der Waals surface area contributed by atoms with E-state index in [2.05, 4.69) is 40.7 Å². The fourth-order valence-electron chi connectivity index (χ4n) is 2.18. The van der Waals surface area contributed by atoms with Crippen LogP contribution in [0.3, 0.4) is 0 Å². The molecule has 0 N–H and O–H groups in total. The van der Waals surface area contributed by atoms with Gasteiger partial charge in [-0.3, -0.25) is 4.79 Å². The summed E-state index contributed by atoms with van der Waals surface area (Å²) in [5.41, 5.74) is 3.39. The number of benzene rings is 1. The van der Waals surface area contributed by atoms with Gasteiger partial charge in [0.05, 0.1) is 0 Å². The van der Waals surface area contributed by atoms with Gasteiger partial charge < -0.3 is 0 Å². The first-order valence-electron chi connectivity index (χ1n) is 5.89. The van der Waals surface area contributed by atoms with Crippen molar-refractivity contribution >= 4 is 5.78 Å². The Morgan fingerprint density at radius 3 is 2.12 bits per heavy atom. The van der Waals surface area contributed by atoms with Gasteiger partial charge in [0.1, 0.15) is 0 Å². The van der Waals surface area contributed by atoms with E-state index >= 15 is 0 Å². The van der Waals surface area contributed by atoms with E-state index in [1.807, 2.05) is 12.1 Å². The van der Waals surface area contributed by atoms with E-state index in [1.165, 1.54) is 11.1 Å². The van der Waals surface area contributed by atoms with Crippen LogP contribution < -0.4 is 0 Å². The Bertz CT molecular complexity index is 394. The second-order valence-electron chi connectivity index (χ2n) is 5.73. The van der Waals surface area contributed by atoms with E-state index < -0.39 is 0 Å². The number of ketones is 1. The van der Waals surface area contributed by atoms with Gasteiger partial charge in [-0.1, -0.05) is 52.8 Å². The van der Waals surface area contributed by atoms with Crippen LogP contribution in [0.1, 0.15) is 68.9 Å². The molecule has 0 heterocycles. The van der Waals surface area contributed by atoms with E-state index in [9.17, 15) is 4.79 Å². The lowest BCUT2D eigenvalue weighted by molar-refractivity contribution is 0.101. The maximum atomic E-state index is 11.7. The summed E-state index contributed by atoms with van der Waals surface area (Å²) in [6, 6.07) is 6.06. The van der Waals surface area contributed by atoms with Crippen molar-refractivity contribution in [3.05, 3.63) is 34.9 Å².